The number of hydrogen-bond donors (Lipinski definition) is 0. The van der Waals surface area contributed by atoms with Gasteiger partial charge >= 0.3 is 5.97 Å². The minimum absolute atomic E-state index is 0.243. The highest BCUT2D eigenvalue weighted by atomic mass is 16.5. The topological polar surface area (TPSA) is 62.6 Å². The second-order valence-electron chi connectivity index (χ2n) is 4.57. The largest absolute Gasteiger partial charge is 0.494 e. The zero-order valence-corrected chi connectivity index (χ0v) is 12.8. The first-order chi connectivity index (χ1) is 10.1. The lowest BCUT2D eigenvalue weighted by Gasteiger charge is -2.22. The molecule has 1 unspecified atom stereocenters. The summed E-state index contributed by atoms with van der Waals surface area (Å²) in [6.07, 6.45) is 0.277. The molecule has 0 radical (unpaired) electrons. The third kappa shape index (κ3) is 5.44. The molecule has 1 atom stereocenters. The fourth-order valence-electron chi connectivity index (χ4n) is 1.97. The number of nitrogens with zero attached hydrogens (tertiary/aromatic N) is 2. The van der Waals surface area contributed by atoms with Gasteiger partial charge in [0.25, 0.3) is 0 Å². The molecule has 0 saturated heterocycles. The molecule has 0 amide bonds. The summed E-state index contributed by atoms with van der Waals surface area (Å²) in [6, 6.07) is 9.31. The molecule has 0 aliphatic heterocycles. The van der Waals surface area contributed by atoms with Crippen molar-refractivity contribution < 1.29 is 14.3 Å². The maximum atomic E-state index is 11.4. The van der Waals surface area contributed by atoms with Crippen molar-refractivity contribution in [2.45, 2.75) is 26.3 Å². The number of nitriles is 1. The van der Waals surface area contributed by atoms with Crippen molar-refractivity contribution in [1.29, 1.82) is 5.26 Å². The van der Waals surface area contributed by atoms with Gasteiger partial charge in [-0.1, -0.05) is 12.1 Å². The molecule has 114 valence electrons. The van der Waals surface area contributed by atoms with Crippen LogP contribution in [-0.4, -0.2) is 37.7 Å². The number of esters is 1. The summed E-state index contributed by atoms with van der Waals surface area (Å²) in [6.45, 7) is 5.17. The lowest BCUT2D eigenvalue weighted by Crippen LogP contribution is -2.26. The number of ether oxygens (including phenoxy) is 2. The van der Waals surface area contributed by atoms with Gasteiger partial charge in [0.05, 0.1) is 25.7 Å². The van der Waals surface area contributed by atoms with Crippen LogP contribution in [-0.2, 0) is 9.53 Å². The number of carbonyl (C=O) groups is 1. The normalized spacial score (nSPS) is 11.8. The number of carbonyl (C=O) groups excluding carboxylic acids is 1. The minimum atomic E-state index is -0.393. The van der Waals surface area contributed by atoms with Gasteiger partial charge in [-0.05, 0) is 38.6 Å². The Balaban J connectivity index is 2.64. The highest BCUT2D eigenvalue weighted by molar-refractivity contribution is 5.69. The van der Waals surface area contributed by atoms with E-state index in [1.165, 1.54) is 0 Å². The van der Waals surface area contributed by atoms with Gasteiger partial charge in [-0.15, -0.1) is 0 Å². The summed E-state index contributed by atoms with van der Waals surface area (Å²) in [5, 5.41) is 9.35. The van der Waals surface area contributed by atoms with Crippen molar-refractivity contribution in [2.24, 2.45) is 0 Å². The minimum Gasteiger partial charge on any atom is -0.494 e. The smallest absolute Gasteiger partial charge is 0.307 e. The fraction of sp³-hybridized carbons (Fsp3) is 0.500. The van der Waals surface area contributed by atoms with Crippen LogP contribution >= 0.6 is 0 Å². The van der Waals surface area contributed by atoms with Crippen molar-refractivity contribution >= 4 is 5.97 Å². The van der Waals surface area contributed by atoms with E-state index in [4.69, 9.17) is 9.47 Å². The molecule has 0 aliphatic rings. The van der Waals surface area contributed by atoms with Crippen molar-refractivity contribution in [3.05, 3.63) is 29.8 Å². The first-order valence-corrected chi connectivity index (χ1v) is 7.10. The predicted octanol–water partition coefficient (Wildman–Crippen LogP) is 2.53. The summed E-state index contributed by atoms with van der Waals surface area (Å²) < 4.78 is 10.3. The van der Waals surface area contributed by atoms with Crippen LogP contribution in [0.25, 0.3) is 0 Å². The lowest BCUT2D eigenvalue weighted by atomic mass is 10.1. The maximum Gasteiger partial charge on any atom is 0.307 e. The molecule has 0 fully saturated rings. The number of benzene rings is 1. The van der Waals surface area contributed by atoms with Crippen LogP contribution in [0.2, 0.25) is 0 Å². The van der Waals surface area contributed by atoms with E-state index in [1.54, 1.807) is 6.92 Å². The predicted molar refractivity (Wildman–Crippen MR) is 79.8 cm³/mol. The third-order valence-corrected chi connectivity index (χ3v) is 3.04. The summed E-state index contributed by atoms with van der Waals surface area (Å²) in [5.41, 5.74) is 0.882. The Labute approximate surface area is 126 Å². The fourth-order valence-corrected chi connectivity index (χ4v) is 1.97. The lowest BCUT2D eigenvalue weighted by molar-refractivity contribution is -0.143. The number of rotatable bonds is 8. The van der Waals surface area contributed by atoms with Gasteiger partial charge in [-0.2, -0.15) is 5.26 Å². The Morgan fingerprint density at radius 1 is 1.29 bits per heavy atom. The van der Waals surface area contributed by atoms with Crippen LogP contribution in [0.4, 0.5) is 0 Å². The van der Waals surface area contributed by atoms with E-state index < -0.39 is 6.04 Å². The molecule has 21 heavy (non-hydrogen) atoms. The van der Waals surface area contributed by atoms with E-state index in [2.05, 4.69) is 6.07 Å². The van der Waals surface area contributed by atoms with E-state index in [1.807, 2.05) is 43.1 Å². The summed E-state index contributed by atoms with van der Waals surface area (Å²) >= 11 is 0. The Kier molecular flexibility index (Phi) is 7.27. The van der Waals surface area contributed by atoms with Gasteiger partial charge in [-0.3, -0.25) is 9.69 Å². The van der Waals surface area contributed by atoms with Crippen LogP contribution in [0, 0.1) is 11.3 Å². The molecule has 5 heteroatoms. The van der Waals surface area contributed by atoms with E-state index in [0.717, 1.165) is 11.3 Å². The molecule has 0 heterocycles. The molecular formula is C16H22N2O3. The Bertz CT molecular complexity index is 479. The monoisotopic (exact) mass is 290 g/mol. The zero-order chi connectivity index (χ0) is 15.7. The van der Waals surface area contributed by atoms with Crippen molar-refractivity contribution in [3.63, 3.8) is 0 Å². The first-order valence-electron chi connectivity index (χ1n) is 7.10. The van der Waals surface area contributed by atoms with Gasteiger partial charge in [-0.25, -0.2) is 0 Å². The van der Waals surface area contributed by atoms with Crippen LogP contribution in [0.15, 0.2) is 24.3 Å². The van der Waals surface area contributed by atoms with Crippen LogP contribution in [0.3, 0.4) is 0 Å². The van der Waals surface area contributed by atoms with E-state index in [0.29, 0.717) is 19.8 Å². The van der Waals surface area contributed by atoms with Crippen molar-refractivity contribution in [3.8, 4) is 11.8 Å². The SMILES string of the molecule is CCOC(=O)CCN(C)C(C#N)c1ccc(OCC)cc1. The molecule has 1 aromatic rings. The van der Waals surface area contributed by atoms with Crippen LogP contribution < -0.4 is 4.74 Å². The molecule has 0 spiro atoms. The van der Waals surface area contributed by atoms with E-state index in [-0.39, 0.29) is 12.4 Å². The van der Waals surface area contributed by atoms with Gasteiger partial charge in [0, 0.05) is 6.54 Å². The second-order valence-corrected chi connectivity index (χ2v) is 4.57. The highest BCUT2D eigenvalue weighted by Crippen LogP contribution is 2.21. The Morgan fingerprint density at radius 3 is 2.48 bits per heavy atom. The standard InChI is InChI=1S/C16H22N2O3/c1-4-20-14-8-6-13(7-9-14)15(12-17)18(3)11-10-16(19)21-5-2/h6-9,15H,4-5,10-11H2,1-3H3. The summed E-state index contributed by atoms with van der Waals surface area (Å²) in [7, 11) is 1.82. The first kappa shape index (κ1) is 17.0. The van der Waals surface area contributed by atoms with Gasteiger partial charge < -0.3 is 9.47 Å². The molecule has 0 bridgehead atoms. The molecule has 0 aliphatic carbocycles. The quantitative estimate of drug-likeness (QED) is 0.688. The highest BCUT2D eigenvalue weighted by Gasteiger charge is 2.17. The van der Waals surface area contributed by atoms with Gasteiger partial charge in [0.2, 0.25) is 0 Å². The third-order valence-electron chi connectivity index (χ3n) is 3.04. The van der Waals surface area contributed by atoms with E-state index >= 15 is 0 Å². The molecule has 0 aromatic heterocycles. The van der Waals surface area contributed by atoms with Crippen LogP contribution in [0.1, 0.15) is 31.9 Å². The Morgan fingerprint density at radius 2 is 1.95 bits per heavy atom. The molecular weight excluding hydrogens is 268 g/mol. The average Bonchev–Trinajstić information content (AvgIpc) is 2.48. The maximum absolute atomic E-state index is 11.4. The summed E-state index contributed by atoms with van der Waals surface area (Å²) in [4.78, 5) is 13.2. The number of hydrogen-bond acceptors (Lipinski definition) is 5. The molecule has 1 aromatic carbocycles. The zero-order valence-electron chi connectivity index (χ0n) is 12.8. The molecule has 0 saturated carbocycles. The van der Waals surface area contributed by atoms with Gasteiger partial charge in [0.1, 0.15) is 11.8 Å². The second kappa shape index (κ2) is 8.98. The van der Waals surface area contributed by atoms with Crippen molar-refractivity contribution in [1.82, 2.24) is 4.90 Å². The van der Waals surface area contributed by atoms with Crippen molar-refractivity contribution in [2.75, 3.05) is 26.8 Å². The molecule has 0 N–H and O–H groups in total. The molecule has 1 rings (SSSR count). The summed E-state index contributed by atoms with van der Waals surface area (Å²) in [5.74, 6) is 0.542. The van der Waals surface area contributed by atoms with E-state index in [9.17, 15) is 10.1 Å². The van der Waals surface area contributed by atoms with Crippen LogP contribution in [0.5, 0.6) is 5.75 Å². The van der Waals surface area contributed by atoms with Gasteiger partial charge in [0.15, 0.2) is 0 Å². The average molecular weight is 290 g/mol. The Hall–Kier alpha value is -2.06. The molecule has 5 nitrogen and oxygen atoms in total.